The number of aromatic hydroxyl groups is 1. The Balaban J connectivity index is 1.12. The van der Waals surface area contributed by atoms with Crippen molar-refractivity contribution < 1.29 is 20.1 Å². The van der Waals surface area contributed by atoms with E-state index < -0.39 is 6.10 Å². The van der Waals surface area contributed by atoms with Gasteiger partial charge in [0.2, 0.25) is 0 Å². The predicted molar refractivity (Wildman–Crippen MR) is 149 cm³/mol. The Morgan fingerprint density at radius 1 is 1.05 bits per heavy atom. The summed E-state index contributed by atoms with van der Waals surface area (Å²) in [6.07, 6.45) is 9.50. The molecule has 0 saturated heterocycles. The van der Waals surface area contributed by atoms with Crippen LogP contribution in [0.3, 0.4) is 0 Å². The lowest BCUT2D eigenvalue weighted by atomic mass is 9.49. The normalized spacial score (nSPS) is 26.9. The molecule has 2 aromatic rings. The van der Waals surface area contributed by atoms with E-state index >= 15 is 0 Å². The molecular weight excluding hydrogens is 476 g/mol. The second kappa shape index (κ2) is 11.0. The van der Waals surface area contributed by atoms with Crippen molar-refractivity contribution in [1.82, 2.24) is 10.6 Å². The molecule has 1 atom stereocenters. The molecule has 5 N–H and O–H groups in total. The summed E-state index contributed by atoms with van der Waals surface area (Å²) in [4.78, 5) is 13.0. The highest BCUT2D eigenvalue weighted by atomic mass is 16.3. The average molecular weight is 521 g/mol. The van der Waals surface area contributed by atoms with Gasteiger partial charge in [0.25, 0.3) is 5.91 Å². The Morgan fingerprint density at radius 3 is 2.39 bits per heavy atom. The van der Waals surface area contributed by atoms with Crippen molar-refractivity contribution in [2.24, 2.45) is 23.2 Å². The number of rotatable bonds is 11. The van der Waals surface area contributed by atoms with Crippen molar-refractivity contribution in [3.05, 3.63) is 64.7 Å². The summed E-state index contributed by atoms with van der Waals surface area (Å²) in [5, 5.41) is 36.4. The fraction of sp³-hybridized carbons (Fsp3) is 0.594. The van der Waals surface area contributed by atoms with Gasteiger partial charge in [-0.15, -0.1) is 0 Å². The molecule has 1 amide bonds. The minimum Gasteiger partial charge on any atom is -0.508 e. The highest BCUT2D eigenvalue weighted by Gasteiger charge is 2.50. The van der Waals surface area contributed by atoms with Gasteiger partial charge in [-0.2, -0.15) is 0 Å². The number of carbonyl (C=O) groups is 1. The van der Waals surface area contributed by atoms with Gasteiger partial charge in [-0.1, -0.05) is 18.2 Å². The lowest BCUT2D eigenvalue weighted by molar-refractivity contribution is -0.0564. The second-order valence-corrected chi connectivity index (χ2v) is 13.1. The van der Waals surface area contributed by atoms with Crippen LogP contribution >= 0.6 is 0 Å². The molecule has 38 heavy (non-hydrogen) atoms. The molecule has 2 aromatic carbocycles. The molecule has 4 aliphatic carbocycles. The molecule has 206 valence electrons. The van der Waals surface area contributed by atoms with Gasteiger partial charge in [-0.25, -0.2) is 0 Å². The van der Waals surface area contributed by atoms with Crippen LogP contribution in [0.5, 0.6) is 5.75 Å². The Hall–Kier alpha value is -2.41. The van der Waals surface area contributed by atoms with Crippen molar-refractivity contribution in [1.29, 1.82) is 0 Å². The van der Waals surface area contributed by atoms with Crippen LogP contribution in [0.1, 0.15) is 91.9 Å². The zero-order chi connectivity index (χ0) is 26.9. The van der Waals surface area contributed by atoms with E-state index in [1.807, 2.05) is 24.3 Å². The summed E-state index contributed by atoms with van der Waals surface area (Å²) < 4.78 is 0. The van der Waals surface area contributed by atoms with Crippen LogP contribution < -0.4 is 10.6 Å². The van der Waals surface area contributed by atoms with E-state index in [-0.39, 0.29) is 23.8 Å². The maximum atomic E-state index is 13.0. The van der Waals surface area contributed by atoms with Gasteiger partial charge in [0, 0.05) is 29.8 Å². The Bertz CT molecular complexity index is 1110. The quantitative estimate of drug-likeness (QED) is 0.291. The van der Waals surface area contributed by atoms with Crippen LogP contribution in [-0.4, -0.2) is 39.9 Å². The third-order valence-electron chi connectivity index (χ3n) is 9.37. The van der Waals surface area contributed by atoms with E-state index in [1.54, 1.807) is 12.1 Å². The lowest BCUT2D eigenvalue weighted by Gasteiger charge is -2.57. The van der Waals surface area contributed by atoms with Crippen molar-refractivity contribution in [2.45, 2.75) is 83.5 Å². The SMILES string of the molecule is CC(C)(Cc1cccc(C(=O)NCCC23CC4CC(CC(C4)C2)C3)c1)NC[C@@H](O)c1ccc(O)c(CO)c1. The molecule has 0 heterocycles. The lowest BCUT2D eigenvalue weighted by Crippen LogP contribution is -2.47. The molecule has 4 saturated carbocycles. The van der Waals surface area contributed by atoms with Crippen molar-refractivity contribution in [2.75, 3.05) is 13.1 Å². The number of hydrogen-bond acceptors (Lipinski definition) is 5. The first-order valence-electron chi connectivity index (χ1n) is 14.4. The van der Waals surface area contributed by atoms with Gasteiger partial charge in [0.1, 0.15) is 5.75 Å². The summed E-state index contributed by atoms with van der Waals surface area (Å²) >= 11 is 0. The van der Waals surface area contributed by atoms with Gasteiger partial charge in [0.15, 0.2) is 0 Å². The molecule has 0 radical (unpaired) electrons. The molecule has 4 bridgehead atoms. The summed E-state index contributed by atoms with van der Waals surface area (Å²) in [6.45, 7) is 4.96. The third-order valence-corrected chi connectivity index (χ3v) is 9.37. The van der Waals surface area contributed by atoms with Gasteiger partial charge >= 0.3 is 0 Å². The summed E-state index contributed by atoms with van der Waals surface area (Å²) in [5.74, 6) is 2.83. The molecule has 4 aliphatic rings. The Labute approximate surface area is 226 Å². The summed E-state index contributed by atoms with van der Waals surface area (Å²) in [6, 6.07) is 12.6. The number of phenols is 1. The zero-order valence-electron chi connectivity index (χ0n) is 22.9. The molecule has 0 spiro atoms. The first kappa shape index (κ1) is 27.2. The Morgan fingerprint density at radius 2 is 1.74 bits per heavy atom. The molecule has 6 rings (SSSR count). The summed E-state index contributed by atoms with van der Waals surface area (Å²) in [5.41, 5.74) is 2.97. The van der Waals surface area contributed by atoms with E-state index in [0.29, 0.717) is 35.1 Å². The summed E-state index contributed by atoms with van der Waals surface area (Å²) in [7, 11) is 0. The minimum atomic E-state index is -0.772. The predicted octanol–water partition coefficient (Wildman–Crippen LogP) is 4.87. The topological polar surface area (TPSA) is 102 Å². The van der Waals surface area contributed by atoms with Crippen LogP contribution in [0.4, 0.5) is 0 Å². The molecule has 4 fully saturated rings. The second-order valence-electron chi connectivity index (χ2n) is 13.1. The number of nitrogens with one attached hydrogen (secondary N) is 2. The molecule has 6 heteroatoms. The average Bonchev–Trinajstić information content (AvgIpc) is 2.86. The number of aliphatic hydroxyl groups excluding tert-OH is 2. The van der Waals surface area contributed by atoms with E-state index in [1.165, 1.54) is 44.6 Å². The van der Waals surface area contributed by atoms with E-state index in [4.69, 9.17) is 0 Å². The number of amides is 1. The standard InChI is InChI=1S/C32H44N2O4/c1-31(2,34-19-29(37)25-6-7-28(36)27(14-25)20-35)15-21-4-3-5-26(13-21)30(38)33-9-8-32-16-22-10-23(17-32)12-24(11-22)18-32/h3-7,13-14,22-24,29,34-37H,8-12,15-20H2,1-2H3,(H,33,38)/t22?,23?,24?,29-,32?/m1/s1. The molecule has 0 aromatic heterocycles. The fourth-order valence-electron chi connectivity index (χ4n) is 7.96. The van der Waals surface area contributed by atoms with Gasteiger partial charge in [-0.05, 0) is 124 Å². The van der Waals surface area contributed by atoms with Gasteiger partial charge in [0.05, 0.1) is 12.7 Å². The fourth-order valence-corrected chi connectivity index (χ4v) is 7.96. The van der Waals surface area contributed by atoms with Crippen LogP contribution in [0.25, 0.3) is 0 Å². The number of benzene rings is 2. The van der Waals surface area contributed by atoms with Gasteiger partial charge < -0.3 is 26.0 Å². The molecule has 0 unspecified atom stereocenters. The first-order valence-corrected chi connectivity index (χ1v) is 14.4. The maximum Gasteiger partial charge on any atom is 0.251 e. The molecule has 0 aliphatic heterocycles. The van der Waals surface area contributed by atoms with Crippen molar-refractivity contribution in [3.63, 3.8) is 0 Å². The maximum absolute atomic E-state index is 13.0. The first-order chi connectivity index (χ1) is 18.1. The number of carbonyl (C=O) groups excluding carboxylic acids is 1. The third kappa shape index (κ3) is 6.24. The van der Waals surface area contributed by atoms with Crippen LogP contribution in [0, 0.1) is 23.2 Å². The smallest absolute Gasteiger partial charge is 0.251 e. The highest BCUT2D eigenvalue weighted by molar-refractivity contribution is 5.94. The van der Waals surface area contributed by atoms with Crippen LogP contribution in [0.15, 0.2) is 42.5 Å². The van der Waals surface area contributed by atoms with Crippen LogP contribution in [-0.2, 0) is 13.0 Å². The minimum absolute atomic E-state index is 0.00443. The van der Waals surface area contributed by atoms with E-state index in [2.05, 4.69) is 24.5 Å². The number of hydrogen-bond donors (Lipinski definition) is 5. The number of aliphatic hydroxyl groups is 2. The molecular formula is C32H44N2O4. The van der Waals surface area contributed by atoms with Crippen molar-refractivity contribution in [3.8, 4) is 5.75 Å². The highest BCUT2D eigenvalue weighted by Crippen LogP contribution is 2.61. The van der Waals surface area contributed by atoms with E-state index in [9.17, 15) is 20.1 Å². The van der Waals surface area contributed by atoms with E-state index in [0.717, 1.165) is 36.3 Å². The number of β-amino-alcohol motifs (C(OH)–C–C–N with tert-alkyl or cyclic N) is 1. The van der Waals surface area contributed by atoms with Gasteiger partial charge in [-0.3, -0.25) is 4.79 Å². The zero-order valence-corrected chi connectivity index (χ0v) is 22.9. The van der Waals surface area contributed by atoms with Crippen molar-refractivity contribution >= 4 is 5.91 Å². The monoisotopic (exact) mass is 520 g/mol. The molecule has 6 nitrogen and oxygen atoms in total. The largest absolute Gasteiger partial charge is 0.508 e. The van der Waals surface area contributed by atoms with Crippen LogP contribution in [0.2, 0.25) is 0 Å². The Kier molecular flexibility index (Phi) is 7.86.